The maximum absolute atomic E-state index is 10.7. The number of pyridine rings is 1. The first-order chi connectivity index (χ1) is 15.6. The maximum atomic E-state index is 10.7. The third kappa shape index (κ3) is 16.1. The van der Waals surface area contributed by atoms with E-state index in [0.29, 0.717) is 0 Å². The van der Waals surface area contributed by atoms with Crippen molar-refractivity contribution in [2.45, 2.75) is 17.6 Å². The molecule has 1 aliphatic heterocycles. The van der Waals surface area contributed by atoms with Crippen LogP contribution < -0.4 is 0 Å². The van der Waals surface area contributed by atoms with Crippen molar-refractivity contribution < 1.29 is 69.1 Å². The van der Waals surface area contributed by atoms with Crippen LogP contribution >= 0.6 is 11.6 Å². The van der Waals surface area contributed by atoms with Crippen molar-refractivity contribution in [2.24, 2.45) is 0 Å². The van der Waals surface area contributed by atoms with E-state index in [0.717, 1.165) is 56.5 Å². The number of aromatic nitrogens is 1. The number of hydrogen-bond acceptors (Lipinski definition) is 10. The van der Waals surface area contributed by atoms with E-state index in [1.807, 2.05) is 12.1 Å². The number of nitrogens with zero attached hydrogens (tertiary/aromatic N) is 4. The molecule has 2 heterocycles. The maximum Gasteiger partial charge on any atom is 2.00 e. The van der Waals surface area contributed by atoms with Crippen LogP contribution in [0.2, 0.25) is 5.02 Å². The molecule has 0 N–H and O–H groups in total. The second-order valence-electron chi connectivity index (χ2n) is 7.15. The molecule has 1 aromatic rings. The zero-order chi connectivity index (χ0) is 27.7. The number of likely N-dealkylation sites (N-methyl/N-ethyl adjacent to an activating group) is 2. The van der Waals surface area contributed by atoms with Gasteiger partial charge < -0.3 is 18.9 Å². The molecule has 1 aliphatic rings. The standard InChI is InChI=1S/C14H23ClN4.2CHF3O3S.Co/c1-17-5-6-18(2)8-10-19(9-7-17)12-14-11-13(15)3-4-16-14;2*2-1(3,4)8(5,6)7;/h3-4,11H,5-10,12H2,1-2H3;2*(H,5,6,7);/q;;;+2/p-2. The molecular formula is C16H23ClCoF6N4O6S2. The second-order valence-corrected chi connectivity index (χ2v) is 10.3. The molecular weight excluding hydrogens is 617 g/mol. The van der Waals surface area contributed by atoms with E-state index in [9.17, 15) is 26.3 Å². The summed E-state index contributed by atoms with van der Waals surface area (Å²) in [4.78, 5) is 11.6. The third-order valence-electron chi connectivity index (χ3n) is 4.19. The fraction of sp³-hybridized carbons (Fsp3) is 0.688. The van der Waals surface area contributed by atoms with Gasteiger partial charge >= 0.3 is 27.8 Å². The summed E-state index contributed by atoms with van der Waals surface area (Å²) in [6, 6.07) is 3.78. The Bertz CT molecular complexity index is 946. The van der Waals surface area contributed by atoms with Crippen molar-refractivity contribution in [2.75, 3.05) is 53.4 Å². The first kappa shape index (κ1) is 37.4. The number of rotatable bonds is 2. The van der Waals surface area contributed by atoms with Gasteiger partial charge in [0.05, 0.1) is 5.69 Å². The first-order valence-corrected chi connectivity index (χ1v) is 12.6. The van der Waals surface area contributed by atoms with Crippen LogP contribution in [0.15, 0.2) is 18.3 Å². The fourth-order valence-corrected chi connectivity index (χ4v) is 2.41. The molecule has 0 unspecified atom stereocenters. The summed E-state index contributed by atoms with van der Waals surface area (Å²) >= 11 is 6.02. The summed E-state index contributed by atoms with van der Waals surface area (Å²) in [7, 11) is -7.80. The van der Waals surface area contributed by atoms with Gasteiger partial charge in [0.1, 0.15) is 0 Å². The van der Waals surface area contributed by atoms with E-state index >= 15 is 0 Å². The minimum atomic E-state index is -6.09. The van der Waals surface area contributed by atoms with Gasteiger partial charge in [-0.05, 0) is 26.2 Å². The van der Waals surface area contributed by atoms with Crippen molar-refractivity contribution in [1.29, 1.82) is 0 Å². The van der Waals surface area contributed by atoms with Crippen LogP contribution in [0, 0.1) is 0 Å². The molecule has 0 bridgehead atoms. The average Bonchev–Trinajstić information content (AvgIpc) is 2.73. The molecule has 20 heteroatoms. The quantitative estimate of drug-likeness (QED) is 0.266. The van der Waals surface area contributed by atoms with E-state index in [2.05, 4.69) is 33.8 Å². The zero-order valence-electron chi connectivity index (χ0n) is 18.7. The first-order valence-electron chi connectivity index (χ1n) is 9.37. The Hall–Kier alpha value is -0.774. The Kier molecular flexibility index (Phi) is 16.2. The average molecular weight is 640 g/mol. The molecule has 1 saturated heterocycles. The molecule has 1 fully saturated rings. The van der Waals surface area contributed by atoms with E-state index in [1.165, 1.54) is 0 Å². The Morgan fingerprint density at radius 1 is 0.861 bits per heavy atom. The Labute approximate surface area is 220 Å². The normalized spacial score (nSPS) is 17.2. The van der Waals surface area contributed by atoms with Gasteiger partial charge in [-0.25, -0.2) is 16.8 Å². The monoisotopic (exact) mass is 639 g/mol. The van der Waals surface area contributed by atoms with E-state index in [1.54, 1.807) is 6.20 Å². The summed E-state index contributed by atoms with van der Waals surface area (Å²) in [6.07, 6.45) is 1.78. The Morgan fingerprint density at radius 2 is 1.19 bits per heavy atom. The van der Waals surface area contributed by atoms with Crippen LogP contribution in [0.1, 0.15) is 5.69 Å². The Balaban J connectivity index is 0. The van der Waals surface area contributed by atoms with Crippen LogP contribution in [-0.4, -0.2) is 110 Å². The van der Waals surface area contributed by atoms with Gasteiger partial charge in [-0.3, -0.25) is 9.88 Å². The van der Waals surface area contributed by atoms with Gasteiger partial charge in [-0.2, -0.15) is 26.3 Å². The molecule has 0 aliphatic carbocycles. The molecule has 1 aromatic heterocycles. The second kappa shape index (κ2) is 15.6. The molecule has 0 spiro atoms. The molecule has 0 amide bonds. The van der Waals surface area contributed by atoms with Gasteiger partial charge in [-0.1, -0.05) is 11.6 Å². The van der Waals surface area contributed by atoms with Crippen molar-refractivity contribution >= 4 is 31.8 Å². The van der Waals surface area contributed by atoms with E-state index < -0.39 is 31.3 Å². The topological polar surface area (TPSA) is 137 Å². The van der Waals surface area contributed by atoms with Gasteiger partial charge in [0.15, 0.2) is 20.2 Å². The summed E-state index contributed by atoms with van der Waals surface area (Å²) in [5.74, 6) is 0. The SMILES string of the molecule is CN1CCN(C)CCN(Cc2cc(Cl)ccn2)CC1.O=S(=O)([O-])C(F)(F)F.O=S(=O)([O-])C(F)(F)F.[Co+2]. The van der Waals surface area contributed by atoms with Crippen molar-refractivity contribution in [3.05, 3.63) is 29.0 Å². The summed E-state index contributed by atoms with van der Waals surface area (Å²) in [5, 5.41) is 0.767. The fourth-order valence-electron chi connectivity index (χ4n) is 2.22. The molecule has 2 rings (SSSR count). The number of halogens is 7. The molecule has 0 aromatic carbocycles. The third-order valence-corrected chi connectivity index (χ3v) is 5.56. The van der Waals surface area contributed by atoms with Crippen LogP contribution in [-0.2, 0) is 43.6 Å². The Morgan fingerprint density at radius 3 is 1.50 bits per heavy atom. The largest absolute Gasteiger partial charge is 2.00 e. The van der Waals surface area contributed by atoms with E-state index in [4.69, 9.17) is 37.5 Å². The van der Waals surface area contributed by atoms with Crippen LogP contribution in [0.4, 0.5) is 26.3 Å². The van der Waals surface area contributed by atoms with Crippen LogP contribution in [0.25, 0.3) is 0 Å². The van der Waals surface area contributed by atoms with Crippen LogP contribution in [0.3, 0.4) is 0 Å². The zero-order valence-corrected chi connectivity index (χ0v) is 22.1. The number of hydrogen-bond donors (Lipinski definition) is 0. The molecule has 1 radical (unpaired) electrons. The predicted molar refractivity (Wildman–Crippen MR) is 111 cm³/mol. The summed E-state index contributed by atoms with van der Waals surface area (Å²) < 4.78 is 118. The van der Waals surface area contributed by atoms with E-state index in [-0.39, 0.29) is 16.8 Å². The minimum Gasteiger partial charge on any atom is -0.741 e. The molecule has 0 atom stereocenters. The molecule has 0 saturated carbocycles. The van der Waals surface area contributed by atoms with Gasteiger partial charge in [0.2, 0.25) is 0 Å². The molecule has 10 nitrogen and oxygen atoms in total. The summed E-state index contributed by atoms with van der Waals surface area (Å²) in [5.41, 5.74) is -10.2. The van der Waals surface area contributed by atoms with Gasteiger partial charge in [-0.15, -0.1) is 0 Å². The smallest absolute Gasteiger partial charge is 0.741 e. The minimum absolute atomic E-state index is 0. The summed E-state index contributed by atoms with van der Waals surface area (Å²) in [6.45, 7) is 7.53. The predicted octanol–water partition coefficient (Wildman–Crippen LogP) is 1.51. The van der Waals surface area contributed by atoms with Crippen molar-refractivity contribution in [3.63, 3.8) is 0 Å². The van der Waals surface area contributed by atoms with Crippen LogP contribution in [0.5, 0.6) is 0 Å². The van der Waals surface area contributed by atoms with Crippen molar-refractivity contribution in [3.8, 4) is 0 Å². The van der Waals surface area contributed by atoms with Crippen molar-refractivity contribution in [1.82, 2.24) is 19.7 Å². The van der Waals surface area contributed by atoms with Gasteiger partial charge in [0, 0.05) is 57.0 Å². The van der Waals surface area contributed by atoms with Gasteiger partial charge in [0.25, 0.3) is 0 Å². The molecule has 36 heavy (non-hydrogen) atoms. The molecule has 213 valence electrons. The number of alkyl halides is 6.